The highest BCUT2D eigenvalue weighted by Gasteiger charge is 2.33. The highest BCUT2D eigenvalue weighted by atomic mass is 16.3. The van der Waals surface area contributed by atoms with Crippen LogP contribution in [0.3, 0.4) is 0 Å². The number of benzene rings is 4. The average molecular weight is 572 g/mol. The second-order valence-corrected chi connectivity index (χ2v) is 11.9. The molecule has 1 heterocycles. The molecule has 1 unspecified atom stereocenters. The van der Waals surface area contributed by atoms with Crippen LogP contribution >= 0.6 is 0 Å². The van der Waals surface area contributed by atoms with Crippen LogP contribution in [-0.4, -0.2) is 0 Å². The lowest BCUT2D eigenvalue weighted by Crippen LogP contribution is -2.26. The van der Waals surface area contributed by atoms with Gasteiger partial charge in [0.2, 0.25) is 0 Å². The van der Waals surface area contributed by atoms with Crippen LogP contribution in [0.5, 0.6) is 0 Å². The van der Waals surface area contributed by atoms with E-state index in [0.717, 1.165) is 58.3 Å². The number of hydrogen-bond donors (Lipinski definition) is 0. The van der Waals surface area contributed by atoms with Gasteiger partial charge in [-0.1, -0.05) is 111 Å². The van der Waals surface area contributed by atoms with Gasteiger partial charge in [0.05, 0.1) is 5.69 Å². The molecule has 2 aliphatic carbocycles. The fourth-order valence-corrected chi connectivity index (χ4v) is 6.83. The summed E-state index contributed by atoms with van der Waals surface area (Å²) in [7, 11) is 0. The number of rotatable bonds is 7. The number of para-hydroxylation sites is 1. The predicted molar refractivity (Wildman–Crippen MR) is 188 cm³/mol. The maximum Gasteiger partial charge on any atom is 0.135 e. The Labute approximate surface area is 260 Å². The maximum absolute atomic E-state index is 6.24. The summed E-state index contributed by atoms with van der Waals surface area (Å²) in [5, 5.41) is 4.68. The standard InChI is InChI=1S/C42H37NO/c1-4-6-15-30(5-2)32-26-35(29-42(3,28-32)33-18-8-7-9-19-33)43(39-22-14-17-31-16-10-11-20-36(31)39)34-24-25-41-38(27-34)37-21-12-13-23-40(37)44-41/h4-6,8,10-27,29H,1,7,9,28H2,2-3H3/b15-6-,30-5+. The van der Waals surface area contributed by atoms with E-state index in [4.69, 9.17) is 4.42 Å². The molecule has 44 heavy (non-hydrogen) atoms. The van der Waals surface area contributed by atoms with Crippen molar-refractivity contribution in [3.8, 4) is 0 Å². The first-order valence-electron chi connectivity index (χ1n) is 15.5. The maximum atomic E-state index is 6.24. The topological polar surface area (TPSA) is 16.4 Å². The molecule has 0 bridgehead atoms. The molecule has 216 valence electrons. The van der Waals surface area contributed by atoms with Gasteiger partial charge < -0.3 is 9.32 Å². The Balaban J connectivity index is 1.51. The number of hydrogen-bond acceptors (Lipinski definition) is 2. The minimum absolute atomic E-state index is 0.179. The monoisotopic (exact) mass is 571 g/mol. The molecule has 0 aliphatic heterocycles. The summed E-state index contributed by atoms with van der Waals surface area (Å²) in [6.45, 7) is 8.44. The molecule has 0 N–H and O–H groups in total. The number of furan rings is 1. The van der Waals surface area contributed by atoms with Gasteiger partial charge in [-0.3, -0.25) is 0 Å². The first-order chi connectivity index (χ1) is 21.6. The van der Waals surface area contributed by atoms with E-state index in [9.17, 15) is 0 Å². The molecular formula is C42H37NO. The SMILES string of the molecule is C=C/C=C\C(=C/C)C1=CC(N(c2ccc3oc4ccccc4c3c2)c2cccc3ccccc23)=CC(C)(C2=CCCC=C2)C1. The molecule has 0 spiro atoms. The molecule has 4 aromatic carbocycles. The van der Waals surface area contributed by atoms with Gasteiger partial charge in [0.25, 0.3) is 0 Å². The van der Waals surface area contributed by atoms with E-state index in [0.29, 0.717) is 0 Å². The van der Waals surface area contributed by atoms with Gasteiger partial charge in [-0.25, -0.2) is 0 Å². The van der Waals surface area contributed by atoms with Crippen molar-refractivity contribution in [1.82, 2.24) is 0 Å². The lowest BCUT2D eigenvalue weighted by molar-refractivity contribution is 0.508. The van der Waals surface area contributed by atoms with Crippen LogP contribution in [0.15, 0.2) is 173 Å². The Hall–Kier alpha value is -5.08. The second kappa shape index (κ2) is 11.5. The summed E-state index contributed by atoms with van der Waals surface area (Å²) in [5.41, 5.74) is 8.94. The summed E-state index contributed by atoms with van der Waals surface area (Å²) in [5.74, 6) is 0. The zero-order valence-electron chi connectivity index (χ0n) is 25.5. The molecule has 0 saturated heterocycles. The fraction of sp³-hybridized carbons (Fsp3) is 0.143. The van der Waals surface area contributed by atoms with E-state index >= 15 is 0 Å². The molecule has 2 nitrogen and oxygen atoms in total. The van der Waals surface area contributed by atoms with Crippen molar-refractivity contribution >= 4 is 44.1 Å². The predicted octanol–water partition coefficient (Wildman–Crippen LogP) is 12.1. The molecule has 2 aliphatic rings. The molecule has 0 radical (unpaired) electrons. The van der Waals surface area contributed by atoms with Crippen molar-refractivity contribution < 1.29 is 4.42 Å². The highest BCUT2D eigenvalue weighted by Crippen LogP contribution is 2.48. The Morgan fingerprint density at radius 2 is 1.68 bits per heavy atom. The third kappa shape index (κ3) is 4.97. The van der Waals surface area contributed by atoms with E-state index in [-0.39, 0.29) is 5.41 Å². The van der Waals surface area contributed by atoms with E-state index in [1.807, 2.05) is 24.3 Å². The molecule has 7 rings (SSSR count). The van der Waals surface area contributed by atoms with Gasteiger partial charge in [-0.15, -0.1) is 0 Å². The van der Waals surface area contributed by atoms with Crippen molar-refractivity contribution in [2.45, 2.75) is 33.1 Å². The minimum atomic E-state index is -0.179. The van der Waals surface area contributed by atoms with E-state index in [1.165, 1.54) is 27.5 Å². The van der Waals surface area contributed by atoms with E-state index in [2.05, 4.69) is 141 Å². The molecule has 0 saturated carbocycles. The normalized spacial score (nSPS) is 19.0. The Morgan fingerprint density at radius 1 is 0.886 bits per heavy atom. The quantitative estimate of drug-likeness (QED) is 0.181. The van der Waals surface area contributed by atoms with Crippen molar-refractivity contribution in [1.29, 1.82) is 0 Å². The summed E-state index contributed by atoms with van der Waals surface area (Å²) in [6.07, 6.45) is 23.3. The van der Waals surface area contributed by atoms with Gasteiger partial charge in [-0.05, 0) is 90.8 Å². The average Bonchev–Trinajstić information content (AvgIpc) is 3.44. The first kappa shape index (κ1) is 27.7. The number of anilines is 2. The van der Waals surface area contributed by atoms with E-state index in [1.54, 1.807) is 0 Å². The fourth-order valence-electron chi connectivity index (χ4n) is 6.83. The summed E-state index contributed by atoms with van der Waals surface area (Å²) < 4.78 is 6.24. The summed E-state index contributed by atoms with van der Waals surface area (Å²) in [6, 6.07) is 30.2. The highest BCUT2D eigenvalue weighted by molar-refractivity contribution is 6.07. The molecule has 1 atom stereocenters. The van der Waals surface area contributed by atoms with Gasteiger partial charge in [-0.2, -0.15) is 0 Å². The molecular weight excluding hydrogens is 534 g/mol. The first-order valence-corrected chi connectivity index (χ1v) is 15.5. The second-order valence-electron chi connectivity index (χ2n) is 11.9. The summed E-state index contributed by atoms with van der Waals surface area (Å²) >= 11 is 0. The third-order valence-electron chi connectivity index (χ3n) is 8.98. The number of fused-ring (bicyclic) bond motifs is 4. The lowest BCUT2D eigenvalue weighted by atomic mass is 9.70. The minimum Gasteiger partial charge on any atom is -0.456 e. The Bertz CT molecular complexity index is 2090. The largest absolute Gasteiger partial charge is 0.456 e. The molecule has 2 heteroatoms. The van der Waals surface area contributed by atoms with Crippen molar-refractivity contribution in [3.63, 3.8) is 0 Å². The zero-order chi connectivity index (χ0) is 30.1. The lowest BCUT2D eigenvalue weighted by Gasteiger charge is -2.38. The number of nitrogens with zero attached hydrogens (tertiary/aromatic N) is 1. The number of allylic oxidation sites excluding steroid dienone is 12. The smallest absolute Gasteiger partial charge is 0.135 e. The van der Waals surface area contributed by atoms with Crippen molar-refractivity contribution in [3.05, 3.63) is 169 Å². The van der Waals surface area contributed by atoms with E-state index < -0.39 is 0 Å². The van der Waals surface area contributed by atoms with Crippen LogP contribution in [0.25, 0.3) is 32.7 Å². The van der Waals surface area contributed by atoms with Crippen LogP contribution in [0, 0.1) is 5.41 Å². The van der Waals surface area contributed by atoms with Gasteiger partial charge >= 0.3 is 0 Å². The molecule has 0 fully saturated rings. The van der Waals surface area contributed by atoms with Crippen LogP contribution < -0.4 is 4.90 Å². The van der Waals surface area contributed by atoms with Crippen molar-refractivity contribution in [2.75, 3.05) is 4.90 Å². The summed E-state index contributed by atoms with van der Waals surface area (Å²) in [4.78, 5) is 2.44. The van der Waals surface area contributed by atoms with Crippen LogP contribution in [0.1, 0.15) is 33.1 Å². The van der Waals surface area contributed by atoms with Crippen LogP contribution in [-0.2, 0) is 0 Å². The van der Waals surface area contributed by atoms with Crippen LogP contribution in [0.4, 0.5) is 11.4 Å². The Morgan fingerprint density at radius 3 is 2.50 bits per heavy atom. The molecule has 0 amide bonds. The van der Waals surface area contributed by atoms with Gasteiger partial charge in [0.1, 0.15) is 11.2 Å². The van der Waals surface area contributed by atoms with Gasteiger partial charge in [0, 0.05) is 33.0 Å². The zero-order valence-corrected chi connectivity index (χ0v) is 25.5. The molecule has 1 aromatic heterocycles. The van der Waals surface area contributed by atoms with Crippen LogP contribution in [0.2, 0.25) is 0 Å². The molecule has 5 aromatic rings. The van der Waals surface area contributed by atoms with Gasteiger partial charge in [0.15, 0.2) is 0 Å². The van der Waals surface area contributed by atoms with Crippen molar-refractivity contribution in [2.24, 2.45) is 5.41 Å². The Kier molecular flexibility index (Phi) is 7.28. The third-order valence-corrected chi connectivity index (χ3v) is 8.98.